The van der Waals surface area contributed by atoms with Crippen LogP contribution in [0.5, 0.6) is 0 Å². The SMILES string of the molecule is [Fe].[Na+].[Na+].[OH-].[OH-]. The molecule has 0 radical (unpaired) electrons. The molecule has 0 bridgehead atoms. The van der Waals surface area contributed by atoms with Crippen molar-refractivity contribution >= 4 is 0 Å². The van der Waals surface area contributed by atoms with Crippen molar-refractivity contribution in [2.45, 2.75) is 0 Å². The molecule has 0 saturated heterocycles. The number of hydrogen-bond donors (Lipinski definition) is 0. The van der Waals surface area contributed by atoms with Crippen LogP contribution in [0.15, 0.2) is 0 Å². The zero-order valence-electron chi connectivity index (χ0n) is 3.25. The minimum absolute atomic E-state index is 0. The van der Waals surface area contributed by atoms with Gasteiger partial charge in [-0.1, -0.05) is 0 Å². The third-order valence-corrected chi connectivity index (χ3v) is 0. The fraction of sp³-hybridized carbons (Fsp3) is 0. The van der Waals surface area contributed by atoms with Gasteiger partial charge in [-0.25, -0.2) is 0 Å². The summed E-state index contributed by atoms with van der Waals surface area (Å²) in [6.07, 6.45) is 0. The first kappa shape index (κ1) is 51.8. The first-order valence-corrected chi connectivity index (χ1v) is 0. The van der Waals surface area contributed by atoms with E-state index in [9.17, 15) is 0 Å². The van der Waals surface area contributed by atoms with Gasteiger partial charge in [0.15, 0.2) is 0 Å². The third-order valence-electron chi connectivity index (χ3n) is 0. The summed E-state index contributed by atoms with van der Waals surface area (Å²) in [4.78, 5) is 0. The molecule has 0 aliphatic heterocycles. The van der Waals surface area contributed by atoms with Crippen LogP contribution >= 0.6 is 0 Å². The summed E-state index contributed by atoms with van der Waals surface area (Å²) < 4.78 is 0. The molecule has 0 spiro atoms. The summed E-state index contributed by atoms with van der Waals surface area (Å²) in [6.45, 7) is 0. The molecule has 0 aliphatic rings. The average molecular weight is 136 g/mol. The summed E-state index contributed by atoms with van der Waals surface area (Å²) in [5, 5.41) is 0. The van der Waals surface area contributed by atoms with E-state index in [1.807, 2.05) is 0 Å². The predicted octanol–water partition coefficient (Wildman–Crippen LogP) is -6.35. The molecule has 0 saturated carbocycles. The van der Waals surface area contributed by atoms with Crippen molar-refractivity contribution in [1.29, 1.82) is 0 Å². The maximum absolute atomic E-state index is 0. The van der Waals surface area contributed by atoms with Crippen molar-refractivity contribution < 1.29 is 87.1 Å². The van der Waals surface area contributed by atoms with Crippen LogP contribution in [0.4, 0.5) is 0 Å². The van der Waals surface area contributed by atoms with Crippen LogP contribution in [0, 0.1) is 0 Å². The van der Waals surface area contributed by atoms with Gasteiger partial charge in [0.2, 0.25) is 0 Å². The Morgan fingerprint density at radius 3 is 0.600 bits per heavy atom. The van der Waals surface area contributed by atoms with Gasteiger partial charge in [0.05, 0.1) is 0 Å². The van der Waals surface area contributed by atoms with Crippen molar-refractivity contribution in [1.82, 2.24) is 0 Å². The molecule has 0 aromatic heterocycles. The van der Waals surface area contributed by atoms with E-state index in [0.717, 1.165) is 0 Å². The topological polar surface area (TPSA) is 60.0 Å². The van der Waals surface area contributed by atoms with E-state index < -0.39 is 0 Å². The van der Waals surface area contributed by atoms with Gasteiger partial charge in [-0.15, -0.1) is 0 Å². The molecule has 0 aliphatic carbocycles. The van der Waals surface area contributed by atoms with E-state index in [1.165, 1.54) is 0 Å². The van der Waals surface area contributed by atoms with Crippen LogP contribution < -0.4 is 59.1 Å². The van der Waals surface area contributed by atoms with Gasteiger partial charge < -0.3 is 11.0 Å². The molecule has 0 heterocycles. The summed E-state index contributed by atoms with van der Waals surface area (Å²) in [5.41, 5.74) is 0. The van der Waals surface area contributed by atoms with Crippen LogP contribution in [0.3, 0.4) is 0 Å². The maximum atomic E-state index is 0. The Morgan fingerprint density at radius 2 is 0.600 bits per heavy atom. The fourth-order valence-electron chi connectivity index (χ4n) is 0. The normalized spacial score (nSPS) is 0. The summed E-state index contributed by atoms with van der Waals surface area (Å²) in [5.74, 6) is 0. The van der Waals surface area contributed by atoms with Crippen LogP contribution in [-0.4, -0.2) is 11.0 Å². The Balaban J connectivity index is 0. The van der Waals surface area contributed by atoms with Crippen molar-refractivity contribution in [2.75, 3.05) is 0 Å². The number of rotatable bonds is 0. The molecule has 0 atom stereocenters. The van der Waals surface area contributed by atoms with E-state index in [2.05, 4.69) is 0 Å². The molecule has 5 heteroatoms. The molecule has 0 amide bonds. The van der Waals surface area contributed by atoms with E-state index >= 15 is 0 Å². The van der Waals surface area contributed by atoms with Crippen LogP contribution in [0.25, 0.3) is 0 Å². The molecule has 0 aromatic carbocycles. The first-order valence-electron chi connectivity index (χ1n) is 0. The van der Waals surface area contributed by atoms with Crippen molar-refractivity contribution in [3.8, 4) is 0 Å². The Hall–Kier alpha value is 2.44. The van der Waals surface area contributed by atoms with Crippen molar-refractivity contribution in [3.63, 3.8) is 0 Å². The van der Waals surface area contributed by atoms with E-state index in [4.69, 9.17) is 0 Å². The summed E-state index contributed by atoms with van der Waals surface area (Å²) in [6, 6.07) is 0. The van der Waals surface area contributed by atoms with Gasteiger partial charge in [-0.3, -0.25) is 0 Å². The van der Waals surface area contributed by atoms with Gasteiger partial charge in [0, 0.05) is 17.1 Å². The standard InChI is InChI=1S/Fe.2Na.2H2O/h;;;2*1H2/q;2*+1;;/p-2. The average Bonchev–Trinajstić information content (AvgIpc) is 0. The van der Waals surface area contributed by atoms with Gasteiger partial charge in [-0.2, -0.15) is 0 Å². The van der Waals surface area contributed by atoms with Crippen LogP contribution in [-0.2, 0) is 17.1 Å². The molecule has 0 aromatic rings. The maximum Gasteiger partial charge on any atom is 1.00 e. The minimum Gasteiger partial charge on any atom is -0.870 e. The summed E-state index contributed by atoms with van der Waals surface area (Å²) >= 11 is 0. The largest absolute Gasteiger partial charge is 1.00 e. The molecule has 5 heavy (non-hydrogen) atoms. The molecule has 0 fully saturated rings. The Kier molecular flexibility index (Phi) is 332. The molecule has 0 unspecified atom stereocenters. The quantitative estimate of drug-likeness (QED) is 0.311. The molecule has 0 rings (SSSR count). The minimum atomic E-state index is 0. The van der Waals surface area contributed by atoms with E-state index in [0.29, 0.717) is 0 Å². The molecule has 24 valence electrons. The molecular weight excluding hydrogens is 134 g/mol. The zero-order chi connectivity index (χ0) is 0. The first-order chi connectivity index (χ1) is 0. The van der Waals surface area contributed by atoms with Crippen molar-refractivity contribution in [3.05, 3.63) is 0 Å². The Morgan fingerprint density at radius 1 is 0.600 bits per heavy atom. The zero-order valence-corrected chi connectivity index (χ0v) is 8.35. The van der Waals surface area contributed by atoms with Gasteiger partial charge in [0.25, 0.3) is 0 Å². The molecular formula is H2FeNa2O2. The molecule has 2 nitrogen and oxygen atoms in total. The van der Waals surface area contributed by atoms with E-state index in [-0.39, 0.29) is 87.1 Å². The monoisotopic (exact) mass is 136 g/mol. The fourth-order valence-corrected chi connectivity index (χ4v) is 0. The number of hydrogen-bond acceptors (Lipinski definition) is 2. The smallest absolute Gasteiger partial charge is 0.870 e. The second-order valence-electron chi connectivity index (χ2n) is 0. The summed E-state index contributed by atoms with van der Waals surface area (Å²) in [7, 11) is 0. The van der Waals surface area contributed by atoms with E-state index in [1.54, 1.807) is 0 Å². The van der Waals surface area contributed by atoms with Crippen LogP contribution in [0.1, 0.15) is 0 Å². The van der Waals surface area contributed by atoms with Gasteiger partial charge >= 0.3 is 59.1 Å². The van der Waals surface area contributed by atoms with Gasteiger partial charge in [0.1, 0.15) is 0 Å². The Labute approximate surface area is 85.8 Å². The van der Waals surface area contributed by atoms with Crippen LogP contribution in [0.2, 0.25) is 0 Å². The van der Waals surface area contributed by atoms with Gasteiger partial charge in [-0.05, 0) is 0 Å². The predicted molar refractivity (Wildman–Crippen MR) is 3.87 cm³/mol. The Bertz CT molecular complexity index is 7.61. The van der Waals surface area contributed by atoms with Crippen molar-refractivity contribution in [2.24, 2.45) is 0 Å². The molecule has 2 N–H and O–H groups in total. The second-order valence-corrected chi connectivity index (χ2v) is 0. The second kappa shape index (κ2) is 32.0. The third kappa shape index (κ3) is 21.3.